The Morgan fingerprint density at radius 2 is 2.00 bits per heavy atom. The summed E-state index contributed by atoms with van der Waals surface area (Å²) in [7, 11) is 0. The van der Waals surface area contributed by atoms with E-state index in [0.29, 0.717) is 42.3 Å². The van der Waals surface area contributed by atoms with Crippen molar-refractivity contribution < 1.29 is 14.3 Å². The molecule has 1 aliphatic heterocycles. The van der Waals surface area contributed by atoms with Gasteiger partial charge >= 0.3 is 0 Å². The monoisotopic (exact) mass is 204 g/mol. The van der Waals surface area contributed by atoms with Crippen LogP contribution in [0.4, 0.5) is 0 Å². The van der Waals surface area contributed by atoms with Crippen molar-refractivity contribution in [2.45, 2.75) is 0 Å². The first kappa shape index (κ1) is 8.28. The molecule has 1 aromatic carbocycles. The van der Waals surface area contributed by atoms with E-state index >= 15 is 0 Å². The molecule has 0 atom stereocenters. The van der Waals surface area contributed by atoms with Crippen molar-refractivity contribution in [1.29, 1.82) is 0 Å². The molecule has 1 aliphatic rings. The SMILES string of the molecule is O=Cc1nc2cc3c(cc2[nH]1)OCCO3. The fourth-order valence-electron chi connectivity index (χ4n) is 1.62. The molecule has 1 aromatic heterocycles. The van der Waals surface area contributed by atoms with Gasteiger partial charge in [0.1, 0.15) is 13.2 Å². The van der Waals surface area contributed by atoms with Gasteiger partial charge in [-0.25, -0.2) is 4.98 Å². The van der Waals surface area contributed by atoms with Gasteiger partial charge in [0, 0.05) is 12.1 Å². The molecule has 0 saturated heterocycles. The van der Waals surface area contributed by atoms with E-state index in [2.05, 4.69) is 9.97 Å². The summed E-state index contributed by atoms with van der Waals surface area (Å²) in [6.45, 7) is 1.09. The number of rotatable bonds is 1. The minimum absolute atomic E-state index is 0.312. The Labute approximate surface area is 85.0 Å². The van der Waals surface area contributed by atoms with Gasteiger partial charge in [-0.15, -0.1) is 0 Å². The lowest BCUT2D eigenvalue weighted by molar-refractivity contribution is 0.111. The van der Waals surface area contributed by atoms with Gasteiger partial charge in [-0.05, 0) is 0 Å². The minimum Gasteiger partial charge on any atom is -0.486 e. The maximum atomic E-state index is 10.5. The predicted octanol–water partition coefficient (Wildman–Crippen LogP) is 1.15. The van der Waals surface area contributed by atoms with Gasteiger partial charge in [0.05, 0.1) is 11.0 Å². The molecular formula is C10H8N2O3. The van der Waals surface area contributed by atoms with Crippen LogP contribution in [-0.4, -0.2) is 29.5 Å². The normalized spacial score (nSPS) is 14.1. The Morgan fingerprint density at radius 3 is 2.73 bits per heavy atom. The van der Waals surface area contributed by atoms with Gasteiger partial charge in [0.2, 0.25) is 0 Å². The van der Waals surface area contributed by atoms with Gasteiger partial charge in [0.25, 0.3) is 0 Å². The Kier molecular flexibility index (Phi) is 1.65. The van der Waals surface area contributed by atoms with E-state index in [1.165, 1.54) is 0 Å². The fraction of sp³-hybridized carbons (Fsp3) is 0.200. The number of fused-ring (bicyclic) bond motifs is 2. The summed E-state index contributed by atoms with van der Waals surface area (Å²) in [5.74, 6) is 1.68. The molecule has 0 saturated carbocycles. The third-order valence-electron chi connectivity index (χ3n) is 2.28. The number of imidazole rings is 1. The van der Waals surface area contributed by atoms with Crippen molar-refractivity contribution in [2.75, 3.05) is 13.2 Å². The second-order valence-electron chi connectivity index (χ2n) is 3.25. The van der Waals surface area contributed by atoms with E-state index in [9.17, 15) is 4.79 Å². The van der Waals surface area contributed by atoms with E-state index < -0.39 is 0 Å². The molecule has 0 unspecified atom stereocenters. The van der Waals surface area contributed by atoms with Gasteiger partial charge < -0.3 is 14.5 Å². The molecule has 15 heavy (non-hydrogen) atoms. The molecule has 5 nitrogen and oxygen atoms in total. The van der Waals surface area contributed by atoms with Crippen LogP contribution in [0.2, 0.25) is 0 Å². The number of aromatic nitrogens is 2. The molecule has 0 amide bonds. The van der Waals surface area contributed by atoms with E-state index in [0.717, 1.165) is 5.52 Å². The number of benzene rings is 1. The summed E-state index contributed by atoms with van der Waals surface area (Å²) in [5.41, 5.74) is 1.49. The topological polar surface area (TPSA) is 64.2 Å². The molecule has 0 bridgehead atoms. The molecule has 2 heterocycles. The summed E-state index contributed by atoms with van der Waals surface area (Å²) in [6, 6.07) is 3.57. The van der Waals surface area contributed by atoms with Crippen LogP contribution in [0.15, 0.2) is 12.1 Å². The minimum atomic E-state index is 0.312. The standard InChI is InChI=1S/C10H8N2O3/c13-5-10-11-6-3-8-9(4-7(6)12-10)15-2-1-14-8/h3-5H,1-2H2,(H,11,12). The molecule has 0 spiro atoms. The summed E-state index contributed by atoms with van der Waals surface area (Å²) in [5, 5.41) is 0. The van der Waals surface area contributed by atoms with Crippen LogP contribution in [0.5, 0.6) is 11.5 Å². The van der Waals surface area contributed by atoms with Crippen LogP contribution in [0, 0.1) is 0 Å². The van der Waals surface area contributed by atoms with E-state index in [4.69, 9.17) is 9.47 Å². The smallest absolute Gasteiger partial charge is 0.185 e. The zero-order valence-electron chi connectivity index (χ0n) is 7.82. The van der Waals surface area contributed by atoms with Crippen molar-refractivity contribution in [3.63, 3.8) is 0 Å². The molecule has 1 N–H and O–H groups in total. The van der Waals surface area contributed by atoms with Crippen LogP contribution >= 0.6 is 0 Å². The molecule has 0 radical (unpaired) electrons. The lowest BCUT2D eigenvalue weighted by Gasteiger charge is -2.17. The summed E-state index contributed by atoms with van der Waals surface area (Å²) in [6.07, 6.45) is 0.681. The first-order valence-corrected chi connectivity index (χ1v) is 4.61. The molecule has 0 aliphatic carbocycles. The first-order chi connectivity index (χ1) is 7.36. The fourth-order valence-corrected chi connectivity index (χ4v) is 1.62. The Balaban J connectivity index is 2.23. The largest absolute Gasteiger partial charge is 0.486 e. The van der Waals surface area contributed by atoms with Gasteiger partial charge in [-0.3, -0.25) is 4.79 Å². The molecule has 0 fully saturated rings. The highest BCUT2D eigenvalue weighted by Gasteiger charge is 2.14. The lowest BCUT2D eigenvalue weighted by Crippen LogP contribution is -2.15. The number of carbonyl (C=O) groups is 1. The van der Waals surface area contributed by atoms with Crippen molar-refractivity contribution >= 4 is 17.3 Å². The van der Waals surface area contributed by atoms with Crippen molar-refractivity contribution in [1.82, 2.24) is 9.97 Å². The van der Waals surface area contributed by atoms with Crippen LogP contribution < -0.4 is 9.47 Å². The molecule has 3 rings (SSSR count). The summed E-state index contributed by atoms with van der Waals surface area (Å²) < 4.78 is 10.8. The Hall–Kier alpha value is -2.04. The molecule has 5 heteroatoms. The van der Waals surface area contributed by atoms with Crippen molar-refractivity contribution in [3.05, 3.63) is 18.0 Å². The number of nitrogens with one attached hydrogen (secondary N) is 1. The number of aromatic amines is 1. The van der Waals surface area contributed by atoms with Crippen LogP contribution in [0.3, 0.4) is 0 Å². The average Bonchev–Trinajstić information content (AvgIpc) is 2.67. The summed E-state index contributed by atoms with van der Waals surface area (Å²) in [4.78, 5) is 17.5. The van der Waals surface area contributed by atoms with Crippen molar-refractivity contribution in [2.24, 2.45) is 0 Å². The molecular weight excluding hydrogens is 196 g/mol. The van der Waals surface area contributed by atoms with E-state index in [1.54, 1.807) is 12.1 Å². The van der Waals surface area contributed by atoms with Crippen LogP contribution in [-0.2, 0) is 0 Å². The second-order valence-corrected chi connectivity index (χ2v) is 3.25. The third-order valence-corrected chi connectivity index (χ3v) is 2.28. The number of hydrogen-bond donors (Lipinski definition) is 1. The second kappa shape index (κ2) is 2.98. The average molecular weight is 204 g/mol. The zero-order chi connectivity index (χ0) is 10.3. The van der Waals surface area contributed by atoms with Gasteiger partial charge in [-0.1, -0.05) is 0 Å². The van der Waals surface area contributed by atoms with Gasteiger partial charge in [-0.2, -0.15) is 0 Å². The van der Waals surface area contributed by atoms with Crippen LogP contribution in [0.25, 0.3) is 11.0 Å². The quantitative estimate of drug-likeness (QED) is 0.707. The third kappa shape index (κ3) is 1.24. The highest BCUT2D eigenvalue weighted by molar-refractivity contribution is 5.84. The number of nitrogens with zero attached hydrogens (tertiary/aromatic N) is 1. The highest BCUT2D eigenvalue weighted by Crippen LogP contribution is 2.33. The maximum absolute atomic E-state index is 10.5. The summed E-state index contributed by atoms with van der Waals surface area (Å²) >= 11 is 0. The Bertz CT molecular complexity index is 490. The molecule has 2 aromatic rings. The van der Waals surface area contributed by atoms with Crippen LogP contribution in [0.1, 0.15) is 10.6 Å². The number of H-pyrrole nitrogens is 1. The molecule has 76 valence electrons. The number of carbonyl (C=O) groups excluding carboxylic acids is 1. The predicted molar refractivity (Wildman–Crippen MR) is 52.5 cm³/mol. The van der Waals surface area contributed by atoms with Gasteiger partial charge in [0.15, 0.2) is 23.6 Å². The number of hydrogen-bond acceptors (Lipinski definition) is 4. The first-order valence-electron chi connectivity index (χ1n) is 4.61. The maximum Gasteiger partial charge on any atom is 0.185 e. The van der Waals surface area contributed by atoms with E-state index in [1.807, 2.05) is 0 Å². The Morgan fingerprint density at radius 1 is 1.27 bits per heavy atom. The van der Waals surface area contributed by atoms with Crippen molar-refractivity contribution in [3.8, 4) is 11.5 Å². The number of ether oxygens (including phenoxy) is 2. The zero-order valence-corrected chi connectivity index (χ0v) is 7.82. The highest BCUT2D eigenvalue weighted by atomic mass is 16.6. The van der Waals surface area contributed by atoms with E-state index in [-0.39, 0.29) is 0 Å². The number of aldehydes is 1. The lowest BCUT2D eigenvalue weighted by atomic mass is 10.2.